The zero-order valence-corrected chi connectivity index (χ0v) is 15.4. The van der Waals surface area contributed by atoms with Gasteiger partial charge in [0, 0.05) is 11.8 Å². The summed E-state index contributed by atoms with van der Waals surface area (Å²) < 4.78 is 5.48. The van der Waals surface area contributed by atoms with Gasteiger partial charge in [0.2, 0.25) is 0 Å². The second-order valence-electron chi connectivity index (χ2n) is 6.66. The van der Waals surface area contributed by atoms with Crippen LogP contribution in [0, 0.1) is 6.92 Å². The van der Waals surface area contributed by atoms with Crippen LogP contribution in [-0.2, 0) is 4.74 Å². The van der Waals surface area contributed by atoms with Crippen molar-refractivity contribution in [3.63, 3.8) is 0 Å². The largest absolute Gasteiger partial charge is 0.481 e. The van der Waals surface area contributed by atoms with Gasteiger partial charge in [-0.2, -0.15) is 0 Å². The number of hydrogen-bond donors (Lipinski definition) is 1. The number of rotatable bonds is 4. The van der Waals surface area contributed by atoms with Crippen LogP contribution in [0.3, 0.4) is 0 Å². The van der Waals surface area contributed by atoms with Crippen molar-refractivity contribution in [2.45, 2.75) is 13.0 Å². The summed E-state index contributed by atoms with van der Waals surface area (Å²) in [7, 11) is 0. The lowest BCUT2D eigenvalue weighted by Crippen LogP contribution is -2.39. The van der Waals surface area contributed by atoms with E-state index in [0.717, 1.165) is 11.1 Å². The molecule has 4 rings (SSSR count). The van der Waals surface area contributed by atoms with Gasteiger partial charge in [-0.05, 0) is 24.6 Å². The maximum absolute atomic E-state index is 13.3. The predicted octanol–water partition coefficient (Wildman–Crippen LogP) is 4.58. The number of benzene rings is 2. The SMILES string of the molecule is Cc1ccc(C(=O)C2=C(O)OCN(c3ccccn3)C2c2ccccc2)cc1. The molecule has 1 atom stereocenters. The summed E-state index contributed by atoms with van der Waals surface area (Å²) in [5.74, 6) is 0.0525. The molecule has 5 heteroatoms. The van der Waals surface area contributed by atoms with Crippen molar-refractivity contribution < 1.29 is 14.6 Å². The van der Waals surface area contributed by atoms with E-state index in [1.807, 2.05) is 72.5 Å². The van der Waals surface area contributed by atoms with Crippen molar-refractivity contribution in [2.24, 2.45) is 0 Å². The van der Waals surface area contributed by atoms with Crippen molar-refractivity contribution in [3.8, 4) is 0 Å². The van der Waals surface area contributed by atoms with Crippen molar-refractivity contribution in [1.82, 2.24) is 4.98 Å². The Bertz CT molecular complexity index is 999. The van der Waals surface area contributed by atoms with Gasteiger partial charge in [0.15, 0.2) is 12.5 Å². The highest BCUT2D eigenvalue weighted by Crippen LogP contribution is 2.38. The average Bonchev–Trinajstić information content (AvgIpc) is 2.75. The number of ether oxygens (including phenoxy) is 1. The highest BCUT2D eigenvalue weighted by atomic mass is 16.6. The smallest absolute Gasteiger partial charge is 0.288 e. The van der Waals surface area contributed by atoms with E-state index in [4.69, 9.17) is 4.74 Å². The summed E-state index contributed by atoms with van der Waals surface area (Å²) in [5, 5.41) is 10.5. The third kappa shape index (κ3) is 3.34. The summed E-state index contributed by atoms with van der Waals surface area (Å²) in [4.78, 5) is 19.6. The minimum absolute atomic E-state index is 0.0904. The molecule has 1 aliphatic rings. The molecule has 1 aromatic heterocycles. The highest BCUT2D eigenvalue weighted by molar-refractivity contribution is 6.10. The van der Waals surface area contributed by atoms with Crippen LogP contribution < -0.4 is 4.90 Å². The minimum Gasteiger partial charge on any atom is -0.481 e. The molecule has 0 spiro atoms. The number of anilines is 1. The van der Waals surface area contributed by atoms with Gasteiger partial charge < -0.3 is 14.7 Å². The van der Waals surface area contributed by atoms with Crippen LogP contribution in [0.15, 0.2) is 90.5 Å². The second-order valence-corrected chi connectivity index (χ2v) is 6.66. The molecule has 3 aromatic rings. The molecule has 5 nitrogen and oxygen atoms in total. The Balaban J connectivity index is 1.83. The van der Waals surface area contributed by atoms with Crippen molar-refractivity contribution in [3.05, 3.63) is 107 Å². The minimum atomic E-state index is -0.515. The summed E-state index contributed by atoms with van der Waals surface area (Å²) in [6.45, 7) is 2.05. The van der Waals surface area contributed by atoms with Crippen molar-refractivity contribution in [1.29, 1.82) is 0 Å². The Hall–Kier alpha value is -3.60. The fourth-order valence-electron chi connectivity index (χ4n) is 3.34. The number of aliphatic hydroxyl groups is 1. The highest BCUT2D eigenvalue weighted by Gasteiger charge is 2.37. The molecular formula is C23H20N2O3. The molecule has 1 unspecified atom stereocenters. The first-order valence-electron chi connectivity index (χ1n) is 9.05. The number of aryl methyl sites for hydroxylation is 1. The lowest BCUT2D eigenvalue weighted by atomic mass is 9.90. The van der Waals surface area contributed by atoms with E-state index in [0.29, 0.717) is 11.4 Å². The normalized spacial score (nSPS) is 16.6. The fourth-order valence-corrected chi connectivity index (χ4v) is 3.34. The summed E-state index contributed by atoms with van der Waals surface area (Å²) in [5.41, 5.74) is 2.63. The maximum Gasteiger partial charge on any atom is 0.288 e. The molecule has 0 saturated carbocycles. The number of aliphatic hydroxyl groups excluding tert-OH is 1. The molecule has 0 bridgehead atoms. The third-order valence-corrected chi connectivity index (χ3v) is 4.77. The lowest BCUT2D eigenvalue weighted by Gasteiger charge is -2.37. The van der Waals surface area contributed by atoms with Crippen LogP contribution in [0.4, 0.5) is 5.82 Å². The first-order chi connectivity index (χ1) is 13.6. The number of carbonyl (C=O) groups is 1. The molecule has 0 saturated heterocycles. The molecule has 1 N–H and O–H groups in total. The van der Waals surface area contributed by atoms with Crippen LogP contribution in [0.25, 0.3) is 0 Å². The number of carbonyl (C=O) groups excluding carboxylic acids is 1. The van der Waals surface area contributed by atoms with E-state index >= 15 is 0 Å². The van der Waals surface area contributed by atoms with Crippen molar-refractivity contribution in [2.75, 3.05) is 11.6 Å². The molecule has 0 amide bonds. The molecule has 0 aliphatic carbocycles. The zero-order chi connectivity index (χ0) is 19.5. The number of pyridine rings is 1. The van der Waals surface area contributed by atoms with Gasteiger partial charge in [-0.25, -0.2) is 4.98 Å². The lowest BCUT2D eigenvalue weighted by molar-refractivity contribution is 0.0644. The standard InChI is InChI=1S/C23H20N2O3/c1-16-10-12-18(13-11-16)22(26)20-21(17-7-3-2-4-8-17)25(15-28-23(20)27)19-9-5-6-14-24-19/h2-14,21,27H,15H2,1H3. The Morgan fingerprint density at radius 3 is 2.43 bits per heavy atom. The van der Waals surface area contributed by atoms with Gasteiger partial charge in [-0.15, -0.1) is 0 Å². The van der Waals surface area contributed by atoms with Gasteiger partial charge >= 0.3 is 0 Å². The summed E-state index contributed by atoms with van der Waals surface area (Å²) in [6, 6.07) is 21.9. The first-order valence-corrected chi connectivity index (χ1v) is 9.05. The Morgan fingerprint density at radius 2 is 1.75 bits per heavy atom. The van der Waals surface area contributed by atoms with E-state index in [2.05, 4.69) is 4.98 Å². The number of ketones is 1. The monoisotopic (exact) mass is 372 g/mol. The number of Topliss-reactive ketones (excluding diaryl/α,β-unsaturated/α-hetero) is 1. The van der Waals surface area contributed by atoms with Gasteiger partial charge in [0.05, 0.1) is 6.04 Å². The number of aromatic nitrogens is 1. The van der Waals surface area contributed by atoms with Crippen LogP contribution >= 0.6 is 0 Å². The molecule has 2 aromatic carbocycles. The molecule has 1 aliphatic heterocycles. The molecule has 140 valence electrons. The first kappa shape index (κ1) is 17.8. The maximum atomic E-state index is 13.3. The Morgan fingerprint density at radius 1 is 1.04 bits per heavy atom. The topological polar surface area (TPSA) is 62.7 Å². The van der Waals surface area contributed by atoms with Crippen molar-refractivity contribution >= 4 is 11.6 Å². The number of hydrogen-bond acceptors (Lipinski definition) is 5. The van der Waals surface area contributed by atoms with E-state index in [9.17, 15) is 9.90 Å². The Kier molecular flexibility index (Phi) is 4.81. The van der Waals surface area contributed by atoms with Crippen LogP contribution in [-0.4, -0.2) is 22.6 Å². The van der Waals surface area contributed by atoms with E-state index < -0.39 is 6.04 Å². The molecule has 0 fully saturated rings. The molecule has 0 radical (unpaired) electrons. The van der Waals surface area contributed by atoms with Gasteiger partial charge in [-0.3, -0.25) is 4.79 Å². The molecule has 28 heavy (non-hydrogen) atoms. The van der Waals surface area contributed by atoms with Crippen LogP contribution in [0.1, 0.15) is 27.5 Å². The quantitative estimate of drug-likeness (QED) is 0.679. The van der Waals surface area contributed by atoms with Gasteiger partial charge in [0.25, 0.3) is 5.95 Å². The summed E-state index contributed by atoms with van der Waals surface area (Å²) >= 11 is 0. The fraction of sp³-hybridized carbons (Fsp3) is 0.130. The van der Waals surface area contributed by atoms with E-state index in [1.54, 1.807) is 18.3 Å². The van der Waals surface area contributed by atoms with Crippen LogP contribution in [0.5, 0.6) is 0 Å². The molecular weight excluding hydrogens is 352 g/mol. The van der Waals surface area contributed by atoms with Gasteiger partial charge in [-0.1, -0.05) is 66.2 Å². The van der Waals surface area contributed by atoms with Gasteiger partial charge in [0.1, 0.15) is 11.4 Å². The third-order valence-electron chi connectivity index (χ3n) is 4.77. The Labute approximate surface area is 163 Å². The average molecular weight is 372 g/mol. The molecule has 2 heterocycles. The van der Waals surface area contributed by atoms with E-state index in [-0.39, 0.29) is 24.0 Å². The predicted molar refractivity (Wildman–Crippen MR) is 107 cm³/mol. The van der Waals surface area contributed by atoms with Crippen LogP contribution in [0.2, 0.25) is 0 Å². The second kappa shape index (κ2) is 7.56. The van der Waals surface area contributed by atoms with E-state index in [1.165, 1.54) is 0 Å². The number of nitrogens with zero attached hydrogens (tertiary/aromatic N) is 2. The summed E-state index contributed by atoms with van der Waals surface area (Å²) in [6.07, 6.45) is 1.69. The zero-order valence-electron chi connectivity index (χ0n) is 15.4.